The molecule has 1 aromatic rings. The molecule has 3 rings (SSSR count). The highest BCUT2D eigenvalue weighted by Crippen LogP contribution is 2.24. The molecule has 2 aliphatic heterocycles. The highest BCUT2D eigenvalue weighted by Gasteiger charge is 2.16. The Morgan fingerprint density at radius 2 is 1.88 bits per heavy atom. The molecule has 0 spiro atoms. The summed E-state index contributed by atoms with van der Waals surface area (Å²) in [5.41, 5.74) is 2.65. The molecular formula is C14H20N2O. The Morgan fingerprint density at radius 1 is 1.12 bits per heavy atom. The monoisotopic (exact) mass is 232 g/mol. The zero-order chi connectivity index (χ0) is 11.5. The molecule has 1 atom stereocenters. The van der Waals surface area contributed by atoms with Gasteiger partial charge in [0.15, 0.2) is 0 Å². The number of ether oxygens (including phenoxy) is 1. The van der Waals surface area contributed by atoms with E-state index in [-0.39, 0.29) is 6.10 Å². The quantitative estimate of drug-likeness (QED) is 0.843. The van der Waals surface area contributed by atoms with Crippen molar-refractivity contribution in [3.05, 3.63) is 29.8 Å². The van der Waals surface area contributed by atoms with Crippen LogP contribution in [0.2, 0.25) is 0 Å². The summed E-state index contributed by atoms with van der Waals surface area (Å²) in [7, 11) is 0. The second kappa shape index (κ2) is 5.07. The zero-order valence-corrected chi connectivity index (χ0v) is 10.2. The minimum atomic E-state index is 0.233. The fourth-order valence-corrected chi connectivity index (χ4v) is 2.65. The highest BCUT2D eigenvalue weighted by atomic mass is 16.5. The molecule has 2 aliphatic rings. The Bertz CT molecular complexity index is 351. The van der Waals surface area contributed by atoms with Crippen molar-refractivity contribution in [1.29, 1.82) is 0 Å². The molecule has 2 heterocycles. The van der Waals surface area contributed by atoms with Gasteiger partial charge in [-0.3, -0.25) is 0 Å². The van der Waals surface area contributed by atoms with Crippen LogP contribution < -0.4 is 10.2 Å². The van der Waals surface area contributed by atoms with Crippen LogP contribution in [0.1, 0.15) is 24.5 Å². The van der Waals surface area contributed by atoms with Crippen LogP contribution in [0.15, 0.2) is 24.3 Å². The molecule has 0 radical (unpaired) electrons. The van der Waals surface area contributed by atoms with E-state index in [4.69, 9.17) is 4.74 Å². The number of nitrogens with one attached hydrogen (secondary N) is 1. The highest BCUT2D eigenvalue weighted by molar-refractivity contribution is 5.48. The first kappa shape index (κ1) is 11.1. The number of benzene rings is 1. The van der Waals surface area contributed by atoms with Gasteiger partial charge in [-0.25, -0.2) is 0 Å². The van der Waals surface area contributed by atoms with E-state index in [1.165, 1.54) is 37.2 Å². The van der Waals surface area contributed by atoms with E-state index < -0.39 is 0 Å². The van der Waals surface area contributed by atoms with Crippen molar-refractivity contribution in [2.75, 3.05) is 37.7 Å². The molecule has 3 nitrogen and oxygen atoms in total. The molecule has 0 aliphatic carbocycles. The topological polar surface area (TPSA) is 24.5 Å². The van der Waals surface area contributed by atoms with Crippen molar-refractivity contribution in [3.8, 4) is 0 Å². The second-order valence-corrected chi connectivity index (χ2v) is 4.85. The van der Waals surface area contributed by atoms with Gasteiger partial charge in [-0.2, -0.15) is 0 Å². The predicted octanol–water partition coefficient (Wildman–Crippen LogP) is 1.95. The Kier molecular flexibility index (Phi) is 3.29. The van der Waals surface area contributed by atoms with Gasteiger partial charge in [0.25, 0.3) is 0 Å². The smallest absolute Gasteiger partial charge is 0.0949 e. The molecule has 1 unspecified atom stereocenters. The first-order valence-electron chi connectivity index (χ1n) is 6.61. The molecule has 0 aromatic heterocycles. The molecule has 2 fully saturated rings. The number of anilines is 1. The van der Waals surface area contributed by atoms with Gasteiger partial charge >= 0.3 is 0 Å². The molecule has 17 heavy (non-hydrogen) atoms. The SMILES string of the molecule is c1cc(N2CCCC2)ccc1C1CNCCO1. The Hall–Kier alpha value is -1.06. The average molecular weight is 232 g/mol. The number of morpholine rings is 1. The van der Waals surface area contributed by atoms with Crippen molar-refractivity contribution < 1.29 is 4.74 Å². The van der Waals surface area contributed by atoms with Gasteiger partial charge in [0.05, 0.1) is 12.7 Å². The molecule has 0 saturated carbocycles. The number of nitrogens with zero attached hydrogens (tertiary/aromatic N) is 1. The minimum absolute atomic E-state index is 0.233. The van der Waals surface area contributed by atoms with E-state index in [1.54, 1.807) is 0 Å². The molecule has 92 valence electrons. The number of hydrogen-bond acceptors (Lipinski definition) is 3. The zero-order valence-electron chi connectivity index (χ0n) is 10.2. The van der Waals surface area contributed by atoms with Gasteiger partial charge in [0.1, 0.15) is 0 Å². The van der Waals surface area contributed by atoms with Crippen molar-refractivity contribution in [1.82, 2.24) is 5.32 Å². The third-order valence-electron chi connectivity index (χ3n) is 3.66. The predicted molar refractivity (Wildman–Crippen MR) is 69.5 cm³/mol. The molecule has 1 aromatic carbocycles. The first-order valence-corrected chi connectivity index (χ1v) is 6.61. The third kappa shape index (κ3) is 2.45. The van der Waals surface area contributed by atoms with Crippen molar-refractivity contribution >= 4 is 5.69 Å². The summed E-state index contributed by atoms with van der Waals surface area (Å²) in [5, 5.41) is 3.37. The summed E-state index contributed by atoms with van der Waals surface area (Å²) in [6.07, 6.45) is 2.89. The van der Waals surface area contributed by atoms with Crippen LogP contribution in [0.5, 0.6) is 0 Å². The number of hydrogen-bond donors (Lipinski definition) is 1. The van der Waals surface area contributed by atoms with E-state index in [9.17, 15) is 0 Å². The standard InChI is InChI=1S/C14H20N2O/c1-2-9-16(8-1)13-5-3-12(4-6-13)14-11-15-7-10-17-14/h3-6,14-15H,1-2,7-11H2. The maximum Gasteiger partial charge on any atom is 0.0949 e. The van der Waals surface area contributed by atoms with E-state index >= 15 is 0 Å². The van der Waals surface area contributed by atoms with E-state index in [0.29, 0.717) is 0 Å². The molecular weight excluding hydrogens is 212 g/mol. The fraction of sp³-hybridized carbons (Fsp3) is 0.571. The largest absolute Gasteiger partial charge is 0.372 e. The molecule has 3 heteroatoms. The van der Waals surface area contributed by atoms with Crippen molar-refractivity contribution in [3.63, 3.8) is 0 Å². The van der Waals surface area contributed by atoms with Crippen LogP contribution in [0.3, 0.4) is 0 Å². The molecule has 0 bridgehead atoms. The van der Waals surface area contributed by atoms with Crippen LogP contribution in [-0.2, 0) is 4.74 Å². The summed E-state index contributed by atoms with van der Waals surface area (Å²) >= 11 is 0. The maximum atomic E-state index is 5.75. The Balaban J connectivity index is 1.70. The lowest BCUT2D eigenvalue weighted by Crippen LogP contribution is -2.33. The Morgan fingerprint density at radius 3 is 2.53 bits per heavy atom. The summed E-state index contributed by atoms with van der Waals surface area (Å²) in [6.45, 7) is 5.14. The number of rotatable bonds is 2. The molecule has 2 saturated heterocycles. The van der Waals surface area contributed by atoms with Crippen LogP contribution in [0.25, 0.3) is 0 Å². The van der Waals surface area contributed by atoms with Crippen molar-refractivity contribution in [2.45, 2.75) is 18.9 Å². The Labute approximate surface area is 103 Å². The van der Waals surface area contributed by atoms with Crippen LogP contribution in [-0.4, -0.2) is 32.8 Å². The second-order valence-electron chi connectivity index (χ2n) is 4.85. The van der Waals surface area contributed by atoms with Gasteiger partial charge in [-0.15, -0.1) is 0 Å². The summed E-state index contributed by atoms with van der Waals surface area (Å²) in [4.78, 5) is 2.46. The molecule has 0 amide bonds. The summed E-state index contributed by atoms with van der Waals surface area (Å²) in [6, 6.07) is 8.90. The van der Waals surface area contributed by atoms with Crippen molar-refractivity contribution in [2.24, 2.45) is 0 Å². The summed E-state index contributed by atoms with van der Waals surface area (Å²) < 4.78 is 5.75. The van der Waals surface area contributed by atoms with Crippen LogP contribution in [0.4, 0.5) is 5.69 Å². The first-order chi connectivity index (χ1) is 8.43. The van der Waals surface area contributed by atoms with Gasteiger partial charge in [0, 0.05) is 31.9 Å². The normalized spacial score (nSPS) is 25.2. The maximum absolute atomic E-state index is 5.75. The third-order valence-corrected chi connectivity index (χ3v) is 3.66. The lowest BCUT2D eigenvalue weighted by Gasteiger charge is -2.25. The summed E-state index contributed by atoms with van der Waals surface area (Å²) in [5.74, 6) is 0. The van der Waals surface area contributed by atoms with Gasteiger partial charge < -0.3 is 15.0 Å². The average Bonchev–Trinajstić information content (AvgIpc) is 2.94. The fourth-order valence-electron chi connectivity index (χ4n) is 2.65. The van der Waals surface area contributed by atoms with E-state index in [0.717, 1.165) is 19.7 Å². The van der Waals surface area contributed by atoms with Crippen LogP contribution in [0, 0.1) is 0 Å². The van der Waals surface area contributed by atoms with Crippen LogP contribution >= 0.6 is 0 Å². The lowest BCUT2D eigenvalue weighted by atomic mass is 10.1. The van der Waals surface area contributed by atoms with Gasteiger partial charge in [0.2, 0.25) is 0 Å². The minimum Gasteiger partial charge on any atom is -0.372 e. The van der Waals surface area contributed by atoms with Gasteiger partial charge in [-0.05, 0) is 30.5 Å². The van der Waals surface area contributed by atoms with Gasteiger partial charge in [-0.1, -0.05) is 12.1 Å². The van der Waals surface area contributed by atoms with E-state index in [1.807, 2.05) is 0 Å². The van der Waals surface area contributed by atoms with E-state index in [2.05, 4.69) is 34.5 Å². The molecule has 1 N–H and O–H groups in total. The lowest BCUT2D eigenvalue weighted by molar-refractivity contribution is 0.0277.